The molecule has 80 valence electrons. The number of thioether (sulfide) groups is 1. The number of rotatable bonds is 3. The van der Waals surface area contributed by atoms with Crippen molar-refractivity contribution in [2.24, 2.45) is 0 Å². The van der Waals surface area contributed by atoms with Gasteiger partial charge in [0.2, 0.25) is 0 Å². The first kappa shape index (κ1) is 11.9. The van der Waals surface area contributed by atoms with E-state index in [9.17, 15) is 4.79 Å². The zero-order chi connectivity index (χ0) is 11.1. The van der Waals surface area contributed by atoms with Gasteiger partial charge in [-0.15, -0.1) is 0 Å². The Morgan fingerprint density at radius 1 is 1.67 bits per heavy atom. The molecule has 0 aliphatic carbocycles. The average molecular weight is 222 g/mol. The first-order valence-corrected chi connectivity index (χ1v) is 5.85. The lowest BCUT2D eigenvalue weighted by molar-refractivity contribution is -0.109. The summed E-state index contributed by atoms with van der Waals surface area (Å²) in [4.78, 5) is 10.6. The lowest BCUT2D eigenvalue weighted by atomic mass is 10.3. The molecule has 0 amide bonds. The first-order chi connectivity index (χ1) is 7.22. The van der Waals surface area contributed by atoms with Crippen LogP contribution >= 0.6 is 11.8 Å². The molecule has 0 aromatic carbocycles. The third-order valence-electron chi connectivity index (χ3n) is 1.72. The summed E-state index contributed by atoms with van der Waals surface area (Å²) in [6, 6.07) is 0. The molecule has 1 aromatic rings. The molecule has 0 saturated carbocycles. The van der Waals surface area contributed by atoms with Gasteiger partial charge in [-0.1, -0.05) is 23.6 Å². The Kier molecular flexibility index (Phi) is 4.99. The Bertz CT molecular complexity index is 387. The monoisotopic (exact) mass is 222 g/mol. The molecule has 0 N–H and O–H groups in total. The van der Waals surface area contributed by atoms with Crippen molar-refractivity contribution in [3.8, 4) is 11.8 Å². The molecule has 1 rings (SSSR count). The highest BCUT2D eigenvalue weighted by Gasteiger charge is 1.92. The molecule has 0 saturated heterocycles. The van der Waals surface area contributed by atoms with Crippen LogP contribution in [-0.4, -0.2) is 20.6 Å². The Morgan fingerprint density at radius 2 is 2.47 bits per heavy atom. The Morgan fingerprint density at radius 3 is 3.07 bits per heavy atom. The normalized spacial score (nSPS) is 9.47. The number of aryl methyl sites for hydroxylation is 1. The van der Waals surface area contributed by atoms with Gasteiger partial charge in [-0.05, 0) is 6.92 Å². The van der Waals surface area contributed by atoms with Crippen LogP contribution in [0.3, 0.4) is 0 Å². The SMILES string of the molecule is CCn1cc(C#CCCSC(C)=O)cn1. The van der Waals surface area contributed by atoms with E-state index >= 15 is 0 Å². The average Bonchev–Trinajstić information content (AvgIpc) is 2.65. The fourth-order valence-corrected chi connectivity index (χ4v) is 1.50. The van der Waals surface area contributed by atoms with E-state index in [1.165, 1.54) is 11.8 Å². The second-order valence-electron chi connectivity index (χ2n) is 2.98. The minimum atomic E-state index is 0.149. The van der Waals surface area contributed by atoms with Crippen molar-refractivity contribution in [2.45, 2.75) is 26.8 Å². The number of hydrogen-bond donors (Lipinski definition) is 0. The quantitative estimate of drug-likeness (QED) is 0.579. The highest BCUT2D eigenvalue weighted by Crippen LogP contribution is 2.02. The smallest absolute Gasteiger partial charge is 0.185 e. The highest BCUT2D eigenvalue weighted by molar-refractivity contribution is 8.13. The maximum Gasteiger partial charge on any atom is 0.185 e. The van der Waals surface area contributed by atoms with Gasteiger partial charge in [0.05, 0.1) is 11.8 Å². The molecular formula is C11H14N2OS. The van der Waals surface area contributed by atoms with Crippen molar-refractivity contribution >= 4 is 16.9 Å². The van der Waals surface area contributed by atoms with Crippen LogP contribution in [0.2, 0.25) is 0 Å². The van der Waals surface area contributed by atoms with Crippen LogP contribution in [0, 0.1) is 11.8 Å². The molecule has 4 heteroatoms. The van der Waals surface area contributed by atoms with Crippen molar-refractivity contribution < 1.29 is 4.79 Å². The van der Waals surface area contributed by atoms with Crippen molar-refractivity contribution in [2.75, 3.05) is 5.75 Å². The summed E-state index contributed by atoms with van der Waals surface area (Å²) in [7, 11) is 0. The van der Waals surface area contributed by atoms with Crippen LogP contribution in [0.25, 0.3) is 0 Å². The van der Waals surface area contributed by atoms with Gasteiger partial charge in [0.1, 0.15) is 0 Å². The molecule has 0 fully saturated rings. The minimum Gasteiger partial charge on any atom is -0.288 e. The van der Waals surface area contributed by atoms with Crippen LogP contribution in [-0.2, 0) is 11.3 Å². The lowest BCUT2D eigenvalue weighted by Gasteiger charge is -1.89. The van der Waals surface area contributed by atoms with Gasteiger partial charge in [0.15, 0.2) is 5.12 Å². The number of carbonyl (C=O) groups excluding carboxylic acids is 1. The van der Waals surface area contributed by atoms with Gasteiger partial charge in [0.25, 0.3) is 0 Å². The maximum absolute atomic E-state index is 10.6. The first-order valence-electron chi connectivity index (χ1n) is 4.87. The van der Waals surface area contributed by atoms with E-state index in [1.54, 1.807) is 13.1 Å². The second kappa shape index (κ2) is 6.31. The van der Waals surface area contributed by atoms with Gasteiger partial charge in [-0.25, -0.2) is 0 Å². The lowest BCUT2D eigenvalue weighted by Crippen LogP contribution is -1.91. The number of carbonyl (C=O) groups is 1. The van der Waals surface area contributed by atoms with Crippen molar-refractivity contribution in [3.05, 3.63) is 18.0 Å². The highest BCUT2D eigenvalue weighted by atomic mass is 32.2. The van der Waals surface area contributed by atoms with Gasteiger partial charge in [0, 0.05) is 31.8 Å². The van der Waals surface area contributed by atoms with Crippen LogP contribution < -0.4 is 0 Å². The second-order valence-corrected chi connectivity index (χ2v) is 4.25. The largest absolute Gasteiger partial charge is 0.288 e. The van der Waals surface area contributed by atoms with Crippen LogP contribution in [0.5, 0.6) is 0 Å². The van der Waals surface area contributed by atoms with E-state index in [-0.39, 0.29) is 5.12 Å². The van der Waals surface area contributed by atoms with E-state index in [0.717, 1.165) is 24.3 Å². The third-order valence-corrected chi connectivity index (χ3v) is 2.54. The van der Waals surface area contributed by atoms with Crippen LogP contribution in [0.15, 0.2) is 12.4 Å². The van der Waals surface area contributed by atoms with Gasteiger partial charge < -0.3 is 0 Å². The predicted molar refractivity (Wildman–Crippen MR) is 62.5 cm³/mol. The summed E-state index contributed by atoms with van der Waals surface area (Å²) in [5, 5.41) is 4.27. The molecule has 3 nitrogen and oxygen atoms in total. The van der Waals surface area contributed by atoms with Gasteiger partial charge >= 0.3 is 0 Å². The van der Waals surface area contributed by atoms with Crippen LogP contribution in [0.4, 0.5) is 0 Å². The Labute approximate surface area is 94.2 Å². The molecule has 0 aliphatic heterocycles. The molecule has 0 aliphatic rings. The minimum absolute atomic E-state index is 0.149. The van der Waals surface area contributed by atoms with E-state index in [0.29, 0.717) is 0 Å². The molecule has 0 unspecified atom stereocenters. The number of hydrogen-bond acceptors (Lipinski definition) is 3. The van der Waals surface area contributed by atoms with E-state index in [4.69, 9.17) is 0 Å². The molecule has 0 bridgehead atoms. The fraction of sp³-hybridized carbons (Fsp3) is 0.455. The summed E-state index contributed by atoms with van der Waals surface area (Å²) < 4.78 is 1.84. The molecule has 0 spiro atoms. The number of aromatic nitrogens is 2. The number of nitrogens with zero attached hydrogens (tertiary/aromatic N) is 2. The van der Waals surface area contributed by atoms with E-state index in [2.05, 4.69) is 16.9 Å². The van der Waals surface area contributed by atoms with Gasteiger partial charge in [-0.3, -0.25) is 9.48 Å². The fourth-order valence-electron chi connectivity index (χ4n) is 1.01. The molecule has 0 atom stereocenters. The summed E-state index contributed by atoms with van der Waals surface area (Å²) in [6.07, 6.45) is 4.42. The summed E-state index contributed by atoms with van der Waals surface area (Å²) in [6.45, 7) is 4.47. The van der Waals surface area contributed by atoms with Crippen LogP contribution in [0.1, 0.15) is 25.8 Å². The van der Waals surface area contributed by atoms with Crippen molar-refractivity contribution in [1.29, 1.82) is 0 Å². The molecular weight excluding hydrogens is 208 g/mol. The van der Waals surface area contributed by atoms with Crippen molar-refractivity contribution in [1.82, 2.24) is 9.78 Å². The summed E-state index contributed by atoms with van der Waals surface area (Å²) in [5.74, 6) is 6.80. The molecule has 0 radical (unpaired) electrons. The Hall–Kier alpha value is -1.21. The Balaban J connectivity index is 2.34. The van der Waals surface area contributed by atoms with E-state index < -0.39 is 0 Å². The molecule has 15 heavy (non-hydrogen) atoms. The van der Waals surface area contributed by atoms with Gasteiger partial charge in [-0.2, -0.15) is 5.10 Å². The predicted octanol–water partition coefficient (Wildman–Crippen LogP) is 1.92. The summed E-state index contributed by atoms with van der Waals surface area (Å²) in [5.41, 5.74) is 0.935. The third kappa shape index (κ3) is 4.71. The molecule has 1 aromatic heterocycles. The van der Waals surface area contributed by atoms with Crippen molar-refractivity contribution in [3.63, 3.8) is 0 Å². The maximum atomic E-state index is 10.6. The zero-order valence-electron chi connectivity index (χ0n) is 8.99. The zero-order valence-corrected chi connectivity index (χ0v) is 9.80. The van der Waals surface area contributed by atoms with E-state index in [1.807, 2.05) is 17.8 Å². The standard InChI is InChI=1S/C11H14N2OS/c1-3-13-9-11(8-12-13)6-4-5-7-15-10(2)14/h8-9H,3,5,7H2,1-2H3. The summed E-state index contributed by atoms with van der Waals surface area (Å²) >= 11 is 1.31. The topological polar surface area (TPSA) is 34.9 Å². The molecule has 1 heterocycles.